The average Bonchev–Trinajstić information content (AvgIpc) is 3.64. The maximum Gasteiger partial charge on any atom is 0.334 e. The maximum absolute atomic E-state index is 13.8. The fraction of sp³-hybridized carbons (Fsp3) is 0.345. The third kappa shape index (κ3) is 4.83. The Balaban J connectivity index is 1.50. The van der Waals surface area contributed by atoms with Crippen molar-refractivity contribution in [3.63, 3.8) is 0 Å². The number of aryl methyl sites for hydroxylation is 2. The highest BCUT2D eigenvalue weighted by atomic mass is 16.1. The van der Waals surface area contributed by atoms with E-state index in [9.17, 15) is 4.79 Å². The molecule has 1 aromatic carbocycles. The molecule has 38 heavy (non-hydrogen) atoms. The zero-order valence-corrected chi connectivity index (χ0v) is 22.6. The first-order valence-corrected chi connectivity index (χ1v) is 13.0. The predicted molar refractivity (Wildman–Crippen MR) is 148 cm³/mol. The number of benzene rings is 1. The van der Waals surface area contributed by atoms with Gasteiger partial charge in [-0.15, -0.1) is 5.10 Å². The third-order valence-electron chi connectivity index (χ3n) is 6.89. The van der Waals surface area contributed by atoms with Gasteiger partial charge in [-0.1, -0.05) is 64.4 Å². The molecule has 0 amide bonds. The summed E-state index contributed by atoms with van der Waals surface area (Å²) in [7, 11) is 2.00. The van der Waals surface area contributed by atoms with Gasteiger partial charge >= 0.3 is 5.69 Å². The summed E-state index contributed by atoms with van der Waals surface area (Å²) in [6.07, 6.45) is 8.83. The van der Waals surface area contributed by atoms with Crippen LogP contribution in [0.15, 0.2) is 65.8 Å². The number of aromatic amines is 1. The molecule has 1 N–H and O–H groups in total. The van der Waals surface area contributed by atoms with Crippen LogP contribution in [0.5, 0.6) is 0 Å². The molecule has 9 nitrogen and oxygen atoms in total. The van der Waals surface area contributed by atoms with Gasteiger partial charge < -0.3 is 4.57 Å². The number of unbranched alkanes of at least 4 members (excludes halogenated alkanes) is 1. The van der Waals surface area contributed by atoms with E-state index in [0.29, 0.717) is 12.4 Å². The monoisotopic (exact) mass is 510 g/mol. The van der Waals surface area contributed by atoms with Crippen LogP contribution < -0.4 is 5.69 Å². The number of nitrogens with one attached hydrogen (secondary N) is 1. The van der Waals surface area contributed by atoms with Gasteiger partial charge in [0.15, 0.2) is 5.82 Å². The van der Waals surface area contributed by atoms with Gasteiger partial charge in [0.25, 0.3) is 0 Å². The molecule has 4 heterocycles. The number of pyridine rings is 1. The Hall–Kier alpha value is -4.27. The quantitative estimate of drug-likeness (QED) is 0.320. The Kier molecular flexibility index (Phi) is 6.84. The molecule has 0 radical (unpaired) electrons. The van der Waals surface area contributed by atoms with Crippen LogP contribution in [0.25, 0.3) is 28.5 Å². The van der Waals surface area contributed by atoms with Gasteiger partial charge in [0, 0.05) is 48.0 Å². The Morgan fingerprint density at radius 2 is 1.82 bits per heavy atom. The highest BCUT2D eigenvalue weighted by Gasteiger charge is 2.24. The topological polar surface area (TPSA) is 99.2 Å². The Bertz CT molecular complexity index is 1580. The van der Waals surface area contributed by atoms with Crippen molar-refractivity contribution in [1.29, 1.82) is 0 Å². The summed E-state index contributed by atoms with van der Waals surface area (Å²) >= 11 is 0. The summed E-state index contributed by atoms with van der Waals surface area (Å²) in [5.41, 5.74) is 5.66. The average molecular weight is 511 g/mol. The van der Waals surface area contributed by atoms with Crippen molar-refractivity contribution in [2.24, 2.45) is 7.05 Å². The van der Waals surface area contributed by atoms with Crippen LogP contribution >= 0.6 is 0 Å². The molecule has 0 saturated carbocycles. The van der Waals surface area contributed by atoms with Crippen LogP contribution in [0.4, 0.5) is 0 Å². The Labute approximate surface area is 222 Å². The van der Waals surface area contributed by atoms with Gasteiger partial charge in [0.1, 0.15) is 5.82 Å². The summed E-state index contributed by atoms with van der Waals surface area (Å²) < 4.78 is 5.74. The normalized spacial score (nSPS) is 11.8. The van der Waals surface area contributed by atoms with Gasteiger partial charge in [-0.3, -0.25) is 14.1 Å². The van der Waals surface area contributed by atoms with Crippen LogP contribution in [-0.2, 0) is 25.4 Å². The van der Waals surface area contributed by atoms with E-state index in [-0.39, 0.29) is 11.1 Å². The summed E-state index contributed by atoms with van der Waals surface area (Å²) in [5, 5.41) is 14.3. The number of aromatic nitrogens is 8. The van der Waals surface area contributed by atoms with E-state index in [1.807, 2.05) is 75.7 Å². The van der Waals surface area contributed by atoms with Gasteiger partial charge in [-0.2, -0.15) is 0 Å². The van der Waals surface area contributed by atoms with E-state index < -0.39 is 0 Å². The van der Waals surface area contributed by atoms with Crippen LogP contribution in [0.3, 0.4) is 0 Å². The summed E-state index contributed by atoms with van der Waals surface area (Å²) in [6, 6.07) is 14.0. The number of hydrogen-bond donors (Lipinski definition) is 1. The van der Waals surface area contributed by atoms with E-state index in [1.54, 1.807) is 0 Å². The molecule has 0 atom stereocenters. The molecule has 5 rings (SSSR count). The highest BCUT2D eigenvalue weighted by molar-refractivity contribution is 5.78. The predicted octanol–water partition coefficient (Wildman–Crippen LogP) is 4.91. The Morgan fingerprint density at radius 1 is 1.03 bits per heavy atom. The number of rotatable bonds is 8. The third-order valence-corrected chi connectivity index (χ3v) is 6.89. The molecular weight excluding hydrogens is 476 g/mol. The van der Waals surface area contributed by atoms with E-state index in [4.69, 9.17) is 4.98 Å². The lowest BCUT2D eigenvalue weighted by atomic mass is 9.88. The van der Waals surface area contributed by atoms with Crippen molar-refractivity contribution in [1.82, 2.24) is 39.3 Å². The van der Waals surface area contributed by atoms with Crippen molar-refractivity contribution < 1.29 is 0 Å². The van der Waals surface area contributed by atoms with E-state index in [2.05, 4.69) is 54.4 Å². The van der Waals surface area contributed by atoms with Crippen LogP contribution in [0.2, 0.25) is 0 Å². The van der Waals surface area contributed by atoms with Crippen molar-refractivity contribution in [3.05, 3.63) is 88.4 Å². The molecule has 0 aliphatic rings. The van der Waals surface area contributed by atoms with E-state index in [0.717, 1.165) is 58.7 Å². The zero-order chi connectivity index (χ0) is 26.9. The smallest absolute Gasteiger partial charge is 0.334 e. The summed E-state index contributed by atoms with van der Waals surface area (Å²) in [6.45, 7) is 9.16. The highest BCUT2D eigenvalue weighted by Crippen LogP contribution is 2.30. The molecule has 0 saturated heterocycles. The molecular formula is C29H34N8O. The molecule has 0 bridgehead atoms. The number of nitrogens with zero attached hydrogens (tertiary/aromatic N) is 7. The molecule has 0 aliphatic heterocycles. The maximum atomic E-state index is 13.8. The van der Waals surface area contributed by atoms with Crippen LogP contribution in [0.1, 0.15) is 57.4 Å². The summed E-state index contributed by atoms with van der Waals surface area (Å²) in [5.74, 6) is 1.52. The standard InChI is InChI=1S/C29H34N8O/c1-6-7-10-21-19-37(27-24(29(2,3)4)15-16-35(27)5)28(38)36(21)18-20-13-14-25(30-17-20)22-11-8-9-12-23(22)26-31-33-34-32-26/h8-9,11-17,19H,6-7,10,18H2,1-5H3,(H,31,32,33,34). The lowest BCUT2D eigenvalue weighted by Gasteiger charge is -2.20. The van der Waals surface area contributed by atoms with Crippen molar-refractivity contribution in [2.45, 2.75) is 58.9 Å². The fourth-order valence-corrected chi connectivity index (χ4v) is 4.86. The first-order valence-electron chi connectivity index (χ1n) is 13.0. The molecule has 0 unspecified atom stereocenters. The fourth-order valence-electron chi connectivity index (χ4n) is 4.86. The second kappa shape index (κ2) is 10.2. The first-order chi connectivity index (χ1) is 18.3. The second-order valence-corrected chi connectivity index (χ2v) is 10.7. The number of hydrogen-bond acceptors (Lipinski definition) is 5. The minimum absolute atomic E-state index is 0.0318. The lowest BCUT2D eigenvalue weighted by molar-refractivity contribution is 0.581. The minimum Gasteiger partial charge on any atom is -0.337 e. The molecule has 0 aliphatic carbocycles. The first kappa shape index (κ1) is 25.4. The van der Waals surface area contributed by atoms with Gasteiger partial charge in [0.2, 0.25) is 0 Å². The van der Waals surface area contributed by atoms with Gasteiger partial charge in [-0.25, -0.2) is 9.89 Å². The van der Waals surface area contributed by atoms with Crippen molar-refractivity contribution in [2.75, 3.05) is 0 Å². The number of H-pyrrole nitrogens is 1. The molecule has 5 aromatic rings. The molecule has 9 heteroatoms. The zero-order valence-electron chi connectivity index (χ0n) is 22.6. The van der Waals surface area contributed by atoms with E-state index >= 15 is 0 Å². The molecule has 196 valence electrons. The minimum atomic E-state index is -0.0838. The Morgan fingerprint density at radius 3 is 2.47 bits per heavy atom. The number of imidazole rings is 1. The van der Waals surface area contributed by atoms with Gasteiger partial charge in [0.05, 0.1) is 12.2 Å². The van der Waals surface area contributed by atoms with Gasteiger partial charge in [-0.05, 0) is 46.4 Å². The number of tetrazole rings is 1. The van der Waals surface area contributed by atoms with Crippen molar-refractivity contribution >= 4 is 0 Å². The lowest BCUT2D eigenvalue weighted by Crippen LogP contribution is -2.27. The summed E-state index contributed by atoms with van der Waals surface area (Å²) in [4.78, 5) is 18.6. The molecule has 0 fully saturated rings. The second-order valence-electron chi connectivity index (χ2n) is 10.7. The van der Waals surface area contributed by atoms with Crippen LogP contribution in [0, 0.1) is 0 Å². The SMILES string of the molecule is CCCCc1cn(-c2c(C(C)(C)C)ccn2C)c(=O)n1Cc1ccc(-c2ccccc2-c2nnn[nH]2)nc1. The van der Waals surface area contributed by atoms with Crippen molar-refractivity contribution in [3.8, 4) is 28.5 Å². The molecule has 4 aromatic heterocycles. The molecule has 0 spiro atoms. The largest absolute Gasteiger partial charge is 0.337 e. The van der Waals surface area contributed by atoms with E-state index in [1.165, 1.54) is 0 Å². The van der Waals surface area contributed by atoms with Crippen LogP contribution in [-0.4, -0.2) is 39.3 Å².